The number of anilines is 3. The van der Waals surface area contributed by atoms with Gasteiger partial charge in [0.05, 0.1) is 18.5 Å². The van der Waals surface area contributed by atoms with Crippen LogP contribution in [0, 0.1) is 0 Å². The highest BCUT2D eigenvalue weighted by molar-refractivity contribution is 6.03. The molecule has 41 heavy (non-hydrogen) atoms. The van der Waals surface area contributed by atoms with Crippen molar-refractivity contribution < 1.29 is 9.53 Å². The average molecular weight is 555 g/mol. The van der Waals surface area contributed by atoms with Gasteiger partial charge in [0.1, 0.15) is 23.2 Å². The monoisotopic (exact) mass is 554 g/mol. The number of benzene rings is 1. The second-order valence-electron chi connectivity index (χ2n) is 9.56. The molecule has 0 aliphatic carbocycles. The van der Waals surface area contributed by atoms with Gasteiger partial charge in [0.25, 0.3) is 5.91 Å². The first kappa shape index (κ1) is 29.3. The van der Waals surface area contributed by atoms with Crippen LogP contribution in [0.3, 0.4) is 0 Å². The lowest BCUT2D eigenvalue weighted by Crippen LogP contribution is -2.18. The summed E-state index contributed by atoms with van der Waals surface area (Å²) < 4.78 is 5.98. The average Bonchev–Trinajstić information content (AvgIpc) is 3.48. The lowest BCUT2D eigenvalue weighted by molar-refractivity contribution is 0.102. The van der Waals surface area contributed by atoms with Gasteiger partial charge in [-0.15, -0.1) is 0 Å². The Hall–Kier alpha value is -4.70. The normalized spacial score (nSPS) is 13.1. The van der Waals surface area contributed by atoms with E-state index in [9.17, 15) is 4.79 Å². The zero-order chi connectivity index (χ0) is 29.0. The molecule has 0 radical (unpaired) electrons. The SMILES string of the molecule is CC/C=C(N)/N=C\C=C(/C)c1cnc(NCc2cccc(C(=O)Nc3ccc(NCCNC)cn3)c2)c2c1OCC2. The van der Waals surface area contributed by atoms with Crippen molar-refractivity contribution in [1.82, 2.24) is 15.3 Å². The smallest absolute Gasteiger partial charge is 0.256 e. The predicted molar refractivity (Wildman–Crippen MR) is 167 cm³/mol. The van der Waals surface area contributed by atoms with E-state index in [0.717, 1.165) is 65.4 Å². The third-order valence-corrected chi connectivity index (χ3v) is 6.47. The van der Waals surface area contributed by atoms with Crippen LogP contribution in [0.2, 0.25) is 0 Å². The molecule has 4 rings (SSSR count). The number of allylic oxidation sites excluding steroid dienone is 3. The fourth-order valence-corrected chi connectivity index (χ4v) is 4.31. The Balaban J connectivity index is 1.39. The molecule has 0 saturated heterocycles. The number of aromatic nitrogens is 2. The summed E-state index contributed by atoms with van der Waals surface area (Å²) >= 11 is 0. The number of hydrogen-bond acceptors (Lipinski definition) is 9. The van der Waals surface area contributed by atoms with Crippen molar-refractivity contribution in [3.05, 3.63) is 89.0 Å². The number of nitrogens with two attached hydrogens (primary N) is 1. The highest BCUT2D eigenvalue weighted by Gasteiger charge is 2.22. The van der Waals surface area contributed by atoms with E-state index in [-0.39, 0.29) is 5.91 Å². The number of pyridine rings is 2. The molecule has 214 valence electrons. The second kappa shape index (κ2) is 14.6. The molecular weight excluding hydrogens is 516 g/mol. The summed E-state index contributed by atoms with van der Waals surface area (Å²) in [5.74, 6) is 2.39. The number of rotatable bonds is 13. The number of carbonyl (C=O) groups is 1. The minimum absolute atomic E-state index is 0.218. The number of nitrogens with zero attached hydrogens (tertiary/aromatic N) is 3. The predicted octanol–water partition coefficient (Wildman–Crippen LogP) is 4.59. The number of amides is 1. The Morgan fingerprint density at radius 2 is 2.02 bits per heavy atom. The third kappa shape index (κ3) is 8.15. The van der Waals surface area contributed by atoms with Crippen molar-refractivity contribution in [2.45, 2.75) is 33.2 Å². The third-order valence-electron chi connectivity index (χ3n) is 6.47. The van der Waals surface area contributed by atoms with Crippen LogP contribution in [-0.4, -0.2) is 48.8 Å². The van der Waals surface area contributed by atoms with E-state index >= 15 is 0 Å². The summed E-state index contributed by atoms with van der Waals surface area (Å²) in [6, 6.07) is 11.2. The van der Waals surface area contributed by atoms with Gasteiger partial charge < -0.3 is 31.7 Å². The summed E-state index contributed by atoms with van der Waals surface area (Å²) in [6.07, 6.45) is 10.6. The van der Waals surface area contributed by atoms with E-state index in [1.165, 1.54) is 0 Å². The largest absolute Gasteiger partial charge is 0.492 e. The molecule has 1 aliphatic heterocycles. The zero-order valence-electron chi connectivity index (χ0n) is 23.8. The second-order valence-corrected chi connectivity index (χ2v) is 9.56. The number of hydrogen-bond donors (Lipinski definition) is 5. The lowest BCUT2D eigenvalue weighted by Gasteiger charge is -2.13. The molecule has 0 fully saturated rings. The first-order valence-corrected chi connectivity index (χ1v) is 13.8. The van der Waals surface area contributed by atoms with E-state index in [1.54, 1.807) is 24.5 Å². The molecule has 6 N–H and O–H groups in total. The van der Waals surface area contributed by atoms with Gasteiger partial charge in [0, 0.05) is 55.2 Å². The molecule has 0 atom stereocenters. The fraction of sp³-hybridized carbons (Fsp3) is 0.290. The Bertz CT molecular complexity index is 1430. The van der Waals surface area contributed by atoms with Crippen LogP contribution in [0.1, 0.15) is 47.3 Å². The molecule has 0 saturated carbocycles. The molecule has 3 aromatic rings. The molecule has 0 unspecified atom stereocenters. The van der Waals surface area contributed by atoms with Crippen LogP contribution in [0.5, 0.6) is 5.75 Å². The summed E-state index contributed by atoms with van der Waals surface area (Å²) in [5.41, 5.74) is 11.2. The van der Waals surface area contributed by atoms with Crippen LogP contribution in [0.4, 0.5) is 17.3 Å². The molecule has 1 amide bonds. The van der Waals surface area contributed by atoms with Gasteiger partial charge >= 0.3 is 0 Å². The minimum Gasteiger partial charge on any atom is -0.492 e. The lowest BCUT2D eigenvalue weighted by atomic mass is 10.0. The van der Waals surface area contributed by atoms with E-state index in [1.807, 2.05) is 63.5 Å². The molecule has 0 spiro atoms. The molecule has 2 aromatic heterocycles. The summed E-state index contributed by atoms with van der Waals surface area (Å²) in [6.45, 7) is 6.77. The summed E-state index contributed by atoms with van der Waals surface area (Å²) in [5, 5.41) is 12.6. The van der Waals surface area contributed by atoms with E-state index in [4.69, 9.17) is 15.5 Å². The van der Waals surface area contributed by atoms with E-state index in [0.29, 0.717) is 30.4 Å². The first-order valence-electron chi connectivity index (χ1n) is 13.8. The van der Waals surface area contributed by atoms with Gasteiger partial charge in [0.15, 0.2) is 0 Å². The van der Waals surface area contributed by atoms with Crippen molar-refractivity contribution in [1.29, 1.82) is 0 Å². The number of likely N-dealkylation sites (N-methyl/N-ethyl adjacent to an activating group) is 1. The minimum atomic E-state index is -0.218. The van der Waals surface area contributed by atoms with Crippen LogP contribution in [0.25, 0.3) is 5.57 Å². The molecule has 1 aliphatic rings. The summed E-state index contributed by atoms with van der Waals surface area (Å²) in [4.78, 5) is 26.2. The standard InChI is InChI=1S/C31H38N8O2/c1-4-6-27(32)35-13-11-21(2)26-20-38-30(25-12-16-41-29(25)26)37-18-22-7-5-8-23(17-22)31(40)39-28-10-9-24(19-36-28)34-15-14-33-3/h5-11,13,17,19-20,33-34H,4,12,14-16,18,32H2,1-3H3,(H,37,38)(H,36,39,40)/b21-11+,27-6+,35-13-. The highest BCUT2D eigenvalue weighted by Crippen LogP contribution is 2.37. The maximum Gasteiger partial charge on any atom is 0.256 e. The Morgan fingerprint density at radius 3 is 2.80 bits per heavy atom. The van der Waals surface area contributed by atoms with Gasteiger partial charge in [-0.3, -0.25) is 4.79 Å². The van der Waals surface area contributed by atoms with Crippen LogP contribution in [0.15, 0.2) is 71.8 Å². The van der Waals surface area contributed by atoms with E-state index < -0.39 is 0 Å². The summed E-state index contributed by atoms with van der Waals surface area (Å²) in [7, 11) is 1.90. The number of nitrogens with one attached hydrogen (secondary N) is 4. The Kier molecular flexibility index (Phi) is 10.4. The molecule has 10 nitrogen and oxygen atoms in total. The highest BCUT2D eigenvalue weighted by atomic mass is 16.5. The van der Waals surface area contributed by atoms with Crippen LogP contribution in [-0.2, 0) is 13.0 Å². The molecule has 10 heteroatoms. The number of ether oxygens (including phenoxy) is 1. The molecular formula is C31H38N8O2. The van der Waals surface area contributed by atoms with E-state index in [2.05, 4.69) is 31.2 Å². The van der Waals surface area contributed by atoms with Gasteiger partial charge in [-0.25, -0.2) is 15.0 Å². The van der Waals surface area contributed by atoms with Crippen molar-refractivity contribution in [2.75, 3.05) is 42.7 Å². The van der Waals surface area contributed by atoms with Crippen LogP contribution >= 0.6 is 0 Å². The molecule has 1 aromatic carbocycles. The van der Waals surface area contributed by atoms with Gasteiger partial charge in [0.2, 0.25) is 0 Å². The quantitative estimate of drug-likeness (QED) is 0.153. The Morgan fingerprint density at radius 1 is 1.15 bits per heavy atom. The van der Waals surface area contributed by atoms with Crippen molar-refractivity contribution >= 4 is 35.0 Å². The van der Waals surface area contributed by atoms with Crippen LogP contribution < -0.4 is 31.7 Å². The Labute approximate surface area is 241 Å². The maximum atomic E-state index is 12.9. The molecule has 3 heterocycles. The topological polar surface area (TPSA) is 139 Å². The van der Waals surface area contributed by atoms with Crippen molar-refractivity contribution in [3.8, 4) is 5.75 Å². The number of carbonyl (C=O) groups excluding carboxylic acids is 1. The van der Waals surface area contributed by atoms with Crippen molar-refractivity contribution in [3.63, 3.8) is 0 Å². The maximum absolute atomic E-state index is 12.9. The number of aliphatic imine (C=N–C) groups is 1. The van der Waals surface area contributed by atoms with Gasteiger partial charge in [-0.05, 0) is 67.9 Å². The fourth-order valence-electron chi connectivity index (χ4n) is 4.31. The first-order chi connectivity index (χ1) is 20.0. The number of fused-ring (bicyclic) bond motifs is 1. The van der Waals surface area contributed by atoms with Crippen molar-refractivity contribution in [2.24, 2.45) is 10.7 Å². The van der Waals surface area contributed by atoms with Gasteiger partial charge in [-0.2, -0.15) is 0 Å². The molecule has 0 bridgehead atoms. The zero-order valence-corrected chi connectivity index (χ0v) is 23.8. The van der Waals surface area contributed by atoms with Gasteiger partial charge in [-0.1, -0.05) is 19.1 Å².